The van der Waals surface area contributed by atoms with Crippen LogP contribution in [0.15, 0.2) is 18.3 Å². The maximum atomic E-state index is 12.5. The number of amides is 1. The summed E-state index contributed by atoms with van der Waals surface area (Å²) in [6.45, 7) is 2.58. The molecule has 0 aromatic carbocycles. The first-order chi connectivity index (χ1) is 9.49. The minimum Gasteiger partial charge on any atom is -0.373 e. The molecule has 0 bridgehead atoms. The molecule has 0 radical (unpaired) electrons. The maximum Gasteiger partial charge on any atom is 0.270 e. The highest BCUT2D eigenvalue weighted by Gasteiger charge is 2.28. The average molecular weight is 287 g/mol. The number of hydrogen-bond donors (Lipinski definition) is 1. The third kappa shape index (κ3) is 3.34. The van der Waals surface area contributed by atoms with E-state index in [1.165, 1.54) is 10.8 Å². The van der Waals surface area contributed by atoms with Gasteiger partial charge in [0.1, 0.15) is 5.69 Å². The summed E-state index contributed by atoms with van der Waals surface area (Å²) in [5.41, 5.74) is 6.05. The molecule has 2 atom stereocenters. The Labute approximate surface area is 116 Å². The second kappa shape index (κ2) is 6.32. The van der Waals surface area contributed by atoms with E-state index >= 15 is 0 Å². The topological polar surface area (TPSA) is 60.5 Å². The van der Waals surface area contributed by atoms with Crippen molar-refractivity contribution in [1.82, 2.24) is 9.47 Å². The Bertz CT molecular complexity index is 462. The van der Waals surface area contributed by atoms with Gasteiger partial charge in [-0.3, -0.25) is 4.79 Å². The second-order valence-corrected chi connectivity index (χ2v) is 4.96. The monoisotopic (exact) mass is 287 g/mol. The quantitative estimate of drug-likeness (QED) is 0.896. The molecule has 1 aliphatic rings. The number of rotatable bonds is 4. The number of halogens is 2. The molecule has 0 saturated carbocycles. The number of nitrogens with two attached hydrogens (primary N) is 1. The molecule has 2 rings (SSSR count). The van der Waals surface area contributed by atoms with E-state index in [-0.39, 0.29) is 23.7 Å². The zero-order valence-electron chi connectivity index (χ0n) is 11.3. The highest BCUT2D eigenvalue weighted by Crippen LogP contribution is 2.14. The van der Waals surface area contributed by atoms with Gasteiger partial charge in [-0.25, -0.2) is 8.78 Å². The number of morpholine rings is 1. The molecule has 20 heavy (non-hydrogen) atoms. The molecule has 112 valence electrons. The van der Waals surface area contributed by atoms with Crippen LogP contribution < -0.4 is 5.73 Å². The Kier molecular flexibility index (Phi) is 4.72. The van der Waals surface area contributed by atoms with Crippen LogP contribution in [0.3, 0.4) is 0 Å². The van der Waals surface area contributed by atoms with Gasteiger partial charge in [0.15, 0.2) is 0 Å². The number of ether oxygens (including phenoxy) is 1. The van der Waals surface area contributed by atoms with Crippen molar-refractivity contribution in [3.05, 3.63) is 24.0 Å². The zero-order chi connectivity index (χ0) is 14.7. The van der Waals surface area contributed by atoms with Crippen LogP contribution >= 0.6 is 0 Å². The van der Waals surface area contributed by atoms with Crippen LogP contribution in [0, 0.1) is 0 Å². The van der Waals surface area contributed by atoms with Crippen molar-refractivity contribution >= 4 is 5.91 Å². The molecular weight excluding hydrogens is 268 g/mol. The van der Waals surface area contributed by atoms with Gasteiger partial charge in [-0.05, 0) is 19.1 Å². The minimum absolute atomic E-state index is 0.182. The summed E-state index contributed by atoms with van der Waals surface area (Å²) in [7, 11) is 0. The first-order valence-electron chi connectivity index (χ1n) is 6.58. The van der Waals surface area contributed by atoms with Gasteiger partial charge in [-0.2, -0.15) is 0 Å². The number of alkyl halides is 2. The molecule has 0 spiro atoms. The SMILES string of the molecule is CC(N)C1CN(C(=O)c2cccn2CC(F)F)CCO1. The summed E-state index contributed by atoms with van der Waals surface area (Å²) >= 11 is 0. The number of aromatic nitrogens is 1. The van der Waals surface area contributed by atoms with Gasteiger partial charge >= 0.3 is 0 Å². The molecule has 1 aromatic rings. The van der Waals surface area contributed by atoms with Crippen molar-refractivity contribution in [3.8, 4) is 0 Å². The Morgan fingerprint density at radius 1 is 1.60 bits per heavy atom. The van der Waals surface area contributed by atoms with Crippen LogP contribution in [0.1, 0.15) is 17.4 Å². The van der Waals surface area contributed by atoms with Crippen LogP contribution in [-0.4, -0.2) is 53.6 Å². The molecule has 5 nitrogen and oxygen atoms in total. The van der Waals surface area contributed by atoms with Crippen molar-refractivity contribution in [1.29, 1.82) is 0 Å². The maximum absolute atomic E-state index is 12.5. The molecule has 1 aliphatic heterocycles. The predicted octanol–water partition coefficient (Wildman–Crippen LogP) is 0.941. The van der Waals surface area contributed by atoms with Crippen LogP contribution in [0.4, 0.5) is 8.78 Å². The zero-order valence-corrected chi connectivity index (χ0v) is 11.3. The molecule has 1 amide bonds. The Hall–Kier alpha value is -1.47. The number of hydrogen-bond acceptors (Lipinski definition) is 3. The molecule has 2 unspecified atom stereocenters. The first-order valence-corrected chi connectivity index (χ1v) is 6.58. The lowest BCUT2D eigenvalue weighted by molar-refractivity contribution is -0.0303. The van der Waals surface area contributed by atoms with Crippen molar-refractivity contribution in [3.63, 3.8) is 0 Å². The molecule has 2 heterocycles. The van der Waals surface area contributed by atoms with Crippen molar-refractivity contribution in [2.45, 2.75) is 32.0 Å². The van der Waals surface area contributed by atoms with Crippen LogP contribution in [0.25, 0.3) is 0 Å². The van der Waals surface area contributed by atoms with Crippen molar-refractivity contribution < 1.29 is 18.3 Å². The summed E-state index contributed by atoms with van der Waals surface area (Å²) in [5.74, 6) is -0.260. The Morgan fingerprint density at radius 2 is 2.35 bits per heavy atom. The van der Waals surface area contributed by atoms with E-state index in [1.807, 2.05) is 6.92 Å². The normalized spacial score (nSPS) is 21.2. The molecule has 0 aliphatic carbocycles. The fraction of sp³-hybridized carbons (Fsp3) is 0.615. The van der Waals surface area contributed by atoms with Crippen molar-refractivity contribution in [2.75, 3.05) is 19.7 Å². The van der Waals surface area contributed by atoms with Crippen LogP contribution in [0.2, 0.25) is 0 Å². The standard InChI is InChI=1S/C13H19F2N3O2/c1-9(16)11-7-18(5-6-20-11)13(19)10-3-2-4-17(10)8-12(14)15/h2-4,9,11-12H,5-8,16H2,1H3. The van der Waals surface area contributed by atoms with E-state index in [4.69, 9.17) is 10.5 Å². The molecule has 7 heteroatoms. The predicted molar refractivity (Wildman–Crippen MR) is 69.7 cm³/mol. The van der Waals surface area contributed by atoms with Gasteiger partial charge in [0.2, 0.25) is 0 Å². The molecule has 1 saturated heterocycles. The fourth-order valence-electron chi connectivity index (χ4n) is 2.26. The molecule has 1 fully saturated rings. The Morgan fingerprint density at radius 3 is 3.00 bits per heavy atom. The molecular formula is C13H19F2N3O2. The van der Waals surface area contributed by atoms with E-state index in [1.54, 1.807) is 17.0 Å². The smallest absolute Gasteiger partial charge is 0.270 e. The highest BCUT2D eigenvalue weighted by atomic mass is 19.3. The summed E-state index contributed by atoms with van der Waals surface area (Å²) in [5, 5.41) is 0. The number of nitrogens with zero attached hydrogens (tertiary/aromatic N) is 2. The summed E-state index contributed by atoms with van der Waals surface area (Å²) < 4.78 is 31.7. The molecule has 2 N–H and O–H groups in total. The largest absolute Gasteiger partial charge is 0.373 e. The van der Waals surface area contributed by atoms with Gasteiger partial charge in [0.05, 0.1) is 19.3 Å². The number of carbonyl (C=O) groups is 1. The van der Waals surface area contributed by atoms with E-state index in [0.717, 1.165) is 0 Å². The van der Waals surface area contributed by atoms with E-state index < -0.39 is 13.0 Å². The molecule has 1 aromatic heterocycles. The lowest BCUT2D eigenvalue weighted by Gasteiger charge is -2.34. The second-order valence-electron chi connectivity index (χ2n) is 4.96. The number of carbonyl (C=O) groups excluding carboxylic acids is 1. The van der Waals surface area contributed by atoms with E-state index in [9.17, 15) is 13.6 Å². The Balaban J connectivity index is 2.09. The van der Waals surface area contributed by atoms with E-state index in [0.29, 0.717) is 19.7 Å². The van der Waals surface area contributed by atoms with Crippen LogP contribution in [0.5, 0.6) is 0 Å². The fourth-order valence-corrected chi connectivity index (χ4v) is 2.26. The van der Waals surface area contributed by atoms with Gasteiger partial charge in [-0.1, -0.05) is 0 Å². The summed E-state index contributed by atoms with van der Waals surface area (Å²) in [4.78, 5) is 14.0. The highest BCUT2D eigenvalue weighted by molar-refractivity contribution is 5.92. The third-order valence-electron chi connectivity index (χ3n) is 3.35. The van der Waals surface area contributed by atoms with E-state index in [2.05, 4.69) is 0 Å². The average Bonchev–Trinajstić information content (AvgIpc) is 2.85. The van der Waals surface area contributed by atoms with Crippen molar-refractivity contribution in [2.24, 2.45) is 5.73 Å². The third-order valence-corrected chi connectivity index (χ3v) is 3.35. The van der Waals surface area contributed by atoms with Crippen LogP contribution in [-0.2, 0) is 11.3 Å². The van der Waals surface area contributed by atoms with Gasteiger partial charge < -0.3 is 19.9 Å². The van der Waals surface area contributed by atoms with Gasteiger partial charge in [-0.15, -0.1) is 0 Å². The summed E-state index contributed by atoms with van der Waals surface area (Å²) in [6, 6.07) is 2.97. The lowest BCUT2D eigenvalue weighted by Crippen LogP contribution is -2.51. The lowest BCUT2D eigenvalue weighted by atomic mass is 10.1. The summed E-state index contributed by atoms with van der Waals surface area (Å²) in [6.07, 6.45) is -1.22. The minimum atomic E-state index is -2.49. The first kappa shape index (κ1) is 14.9. The van der Waals surface area contributed by atoms with Gasteiger partial charge in [0.25, 0.3) is 12.3 Å². The van der Waals surface area contributed by atoms with Gasteiger partial charge in [0, 0.05) is 25.3 Å².